The van der Waals surface area contributed by atoms with E-state index in [1.807, 2.05) is 0 Å². The van der Waals surface area contributed by atoms with Crippen LogP contribution in [0, 0.1) is 12.8 Å². The molecule has 5 nitrogen and oxygen atoms in total. The lowest BCUT2D eigenvalue weighted by molar-refractivity contribution is -0.184. The maximum absolute atomic E-state index is 13.0. The number of amides is 1. The molecule has 2 fully saturated rings. The zero-order valence-electron chi connectivity index (χ0n) is 15.8. The van der Waals surface area contributed by atoms with Crippen molar-refractivity contribution >= 4 is 15.9 Å². The van der Waals surface area contributed by atoms with Gasteiger partial charge in [0.05, 0.1) is 10.8 Å². The minimum atomic E-state index is -4.34. The van der Waals surface area contributed by atoms with E-state index in [1.54, 1.807) is 13.0 Å². The molecule has 1 aromatic carbocycles. The highest BCUT2D eigenvalue weighted by Crippen LogP contribution is 2.34. The number of carbonyl (C=O) groups excluding carboxylic acids is 1. The molecule has 0 radical (unpaired) electrons. The predicted molar refractivity (Wildman–Crippen MR) is 98.5 cm³/mol. The van der Waals surface area contributed by atoms with Gasteiger partial charge in [0.2, 0.25) is 10.0 Å². The van der Waals surface area contributed by atoms with Crippen LogP contribution in [0.4, 0.5) is 13.2 Å². The SMILES string of the molecule is Cc1ccc(C(=O)N2CCC[C@H](C(F)(F)F)C2)cc1S(=O)(=O)N1CCCCC1. The van der Waals surface area contributed by atoms with Gasteiger partial charge >= 0.3 is 6.18 Å². The first-order valence-corrected chi connectivity index (χ1v) is 11.0. The first-order valence-electron chi connectivity index (χ1n) is 9.57. The molecule has 3 rings (SSSR count). The molecule has 9 heteroatoms. The van der Waals surface area contributed by atoms with E-state index in [4.69, 9.17) is 0 Å². The van der Waals surface area contributed by atoms with Gasteiger partial charge in [0.25, 0.3) is 5.91 Å². The Balaban J connectivity index is 1.85. The second kappa shape index (κ2) is 8.02. The van der Waals surface area contributed by atoms with E-state index >= 15 is 0 Å². The quantitative estimate of drug-likeness (QED) is 0.754. The number of hydrogen-bond acceptors (Lipinski definition) is 3. The average Bonchev–Trinajstić information content (AvgIpc) is 2.68. The lowest BCUT2D eigenvalue weighted by Crippen LogP contribution is -2.44. The van der Waals surface area contributed by atoms with Crippen molar-refractivity contribution in [1.29, 1.82) is 0 Å². The zero-order valence-corrected chi connectivity index (χ0v) is 16.7. The number of aryl methyl sites for hydroxylation is 1. The number of hydrogen-bond donors (Lipinski definition) is 0. The van der Waals surface area contributed by atoms with Crippen molar-refractivity contribution < 1.29 is 26.4 Å². The summed E-state index contributed by atoms with van der Waals surface area (Å²) in [5, 5.41) is 0. The molecule has 28 heavy (non-hydrogen) atoms. The van der Waals surface area contributed by atoms with Crippen molar-refractivity contribution in [3.63, 3.8) is 0 Å². The third-order valence-electron chi connectivity index (χ3n) is 5.54. The highest BCUT2D eigenvalue weighted by atomic mass is 32.2. The van der Waals surface area contributed by atoms with E-state index in [0.29, 0.717) is 18.7 Å². The highest BCUT2D eigenvalue weighted by molar-refractivity contribution is 7.89. The Morgan fingerprint density at radius 2 is 1.75 bits per heavy atom. The van der Waals surface area contributed by atoms with Crippen LogP contribution in [0.2, 0.25) is 0 Å². The Kier molecular flexibility index (Phi) is 6.05. The largest absolute Gasteiger partial charge is 0.393 e. The van der Waals surface area contributed by atoms with Crippen LogP contribution in [0.25, 0.3) is 0 Å². The number of halogens is 3. The van der Waals surface area contributed by atoms with Crippen molar-refractivity contribution in [3.05, 3.63) is 29.3 Å². The molecule has 1 atom stereocenters. The fourth-order valence-electron chi connectivity index (χ4n) is 3.87. The molecule has 2 aliphatic heterocycles. The molecule has 0 aromatic heterocycles. The summed E-state index contributed by atoms with van der Waals surface area (Å²) >= 11 is 0. The number of sulfonamides is 1. The van der Waals surface area contributed by atoms with E-state index in [2.05, 4.69) is 0 Å². The van der Waals surface area contributed by atoms with Crippen LogP contribution in [-0.2, 0) is 10.0 Å². The number of carbonyl (C=O) groups is 1. The van der Waals surface area contributed by atoms with Crippen molar-refractivity contribution in [3.8, 4) is 0 Å². The normalized spacial score (nSPS) is 22.3. The summed E-state index contributed by atoms with van der Waals surface area (Å²) in [6.07, 6.45) is -1.47. The highest BCUT2D eigenvalue weighted by Gasteiger charge is 2.43. The Bertz CT molecular complexity index is 833. The van der Waals surface area contributed by atoms with Gasteiger partial charge in [0.1, 0.15) is 0 Å². The summed E-state index contributed by atoms with van der Waals surface area (Å²) in [6, 6.07) is 4.36. The van der Waals surface area contributed by atoms with E-state index in [1.165, 1.54) is 21.3 Å². The standard InChI is InChI=1S/C19H25F3N2O3S/c1-14-7-8-15(12-17(14)28(26,27)24-10-3-2-4-11-24)18(25)23-9-5-6-16(13-23)19(20,21)22/h7-8,12,16H,2-6,9-11,13H2,1H3/t16-/m0/s1. The van der Waals surface area contributed by atoms with Crippen molar-refractivity contribution in [2.75, 3.05) is 26.2 Å². The topological polar surface area (TPSA) is 57.7 Å². The molecule has 0 bridgehead atoms. The zero-order chi connectivity index (χ0) is 20.5. The van der Waals surface area contributed by atoms with Gasteiger partial charge in [-0.2, -0.15) is 17.5 Å². The van der Waals surface area contributed by atoms with Gasteiger partial charge in [-0.1, -0.05) is 12.5 Å². The Hall–Kier alpha value is -1.61. The summed E-state index contributed by atoms with van der Waals surface area (Å²) in [7, 11) is -3.73. The van der Waals surface area contributed by atoms with E-state index in [0.717, 1.165) is 19.3 Å². The smallest absolute Gasteiger partial charge is 0.338 e. The van der Waals surface area contributed by atoms with Crippen molar-refractivity contribution in [1.82, 2.24) is 9.21 Å². The van der Waals surface area contributed by atoms with Crippen LogP contribution in [0.15, 0.2) is 23.1 Å². The molecule has 1 amide bonds. The van der Waals surface area contributed by atoms with Gasteiger partial charge in [0.15, 0.2) is 0 Å². The van der Waals surface area contributed by atoms with Gasteiger partial charge in [-0.25, -0.2) is 8.42 Å². The Labute approximate surface area is 163 Å². The lowest BCUT2D eigenvalue weighted by Gasteiger charge is -2.34. The molecule has 0 aliphatic carbocycles. The number of alkyl halides is 3. The van der Waals surface area contributed by atoms with Gasteiger partial charge in [-0.05, 0) is 50.3 Å². The Morgan fingerprint density at radius 1 is 1.07 bits per heavy atom. The molecule has 1 aromatic rings. The van der Waals surface area contributed by atoms with E-state index in [-0.39, 0.29) is 36.4 Å². The maximum atomic E-state index is 13.0. The molecule has 0 unspecified atom stereocenters. The number of likely N-dealkylation sites (tertiary alicyclic amines) is 1. The minimum absolute atomic E-state index is 0.00969. The minimum Gasteiger partial charge on any atom is -0.338 e. The summed E-state index contributed by atoms with van der Waals surface area (Å²) in [5.74, 6) is -2.09. The molecular weight excluding hydrogens is 393 g/mol. The predicted octanol–water partition coefficient (Wildman–Crippen LogP) is 3.58. The van der Waals surface area contributed by atoms with E-state index in [9.17, 15) is 26.4 Å². The number of nitrogens with zero attached hydrogens (tertiary/aromatic N) is 2. The summed E-state index contributed by atoms with van der Waals surface area (Å²) in [5.41, 5.74) is 0.637. The molecule has 2 aliphatic rings. The first-order chi connectivity index (χ1) is 13.1. The molecule has 156 valence electrons. The van der Waals surface area contributed by atoms with Crippen LogP contribution < -0.4 is 0 Å². The summed E-state index contributed by atoms with van der Waals surface area (Å²) < 4.78 is 66.5. The molecule has 2 heterocycles. The van der Waals surface area contributed by atoms with Gasteiger partial charge in [-0.3, -0.25) is 4.79 Å². The summed E-state index contributed by atoms with van der Waals surface area (Å²) in [6.45, 7) is 2.41. The second-order valence-electron chi connectivity index (χ2n) is 7.58. The fourth-order valence-corrected chi connectivity index (χ4v) is 5.63. The van der Waals surface area contributed by atoms with Crippen LogP contribution in [0.1, 0.15) is 48.0 Å². The third kappa shape index (κ3) is 4.35. The average molecular weight is 418 g/mol. The van der Waals surface area contributed by atoms with Crippen molar-refractivity contribution in [2.45, 2.75) is 50.1 Å². The Morgan fingerprint density at radius 3 is 2.39 bits per heavy atom. The van der Waals surface area contributed by atoms with Crippen LogP contribution in [-0.4, -0.2) is 55.9 Å². The maximum Gasteiger partial charge on any atom is 0.393 e. The van der Waals surface area contributed by atoms with Crippen LogP contribution >= 0.6 is 0 Å². The van der Waals surface area contributed by atoms with Crippen LogP contribution in [0.5, 0.6) is 0 Å². The molecular formula is C19H25F3N2O3S. The lowest BCUT2D eigenvalue weighted by atomic mass is 9.97. The van der Waals surface area contributed by atoms with E-state index < -0.39 is 28.0 Å². The second-order valence-corrected chi connectivity index (χ2v) is 9.48. The summed E-state index contributed by atoms with van der Waals surface area (Å²) in [4.78, 5) is 14.0. The third-order valence-corrected chi connectivity index (χ3v) is 7.58. The fraction of sp³-hybridized carbons (Fsp3) is 0.632. The monoisotopic (exact) mass is 418 g/mol. The van der Waals surface area contributed by atoms with Crippen molar-refractivity contribution in [2.24, 2.45) is 5.92 Å². The number of benzene rings is 1. The van der Waals surface area contributed by atoms with Gasteiger partial charge in [-0.15, -0.1) is 0 Å². The van der Waals surface area contributed by atoms with Gasteiger partial charge < -0.3 is 4.90 Å². The number of rotatable bonds is 3. The first kappa shape index (κ1) is 21.1. The molecule has 0 saturated carbocycles. The molecule has 2 saturated heterocycles. The van der Waals surface area contributed by atoms with Gasteiger partial charge in [0, 0.05) is 31.7 Å². The van der Waals surface area contributed by atoms with Crippen LogP contribution in [0.3, 0.4) is 0 Å². The molecule has 0 spiro atoms. The number of piperidine rings is 2. The molecule has 0 N–H and O–H groups in total.